The van der Waals surface area contributed by atoms with Crippen molar-refractivity contribution in [2.45, 2.75) is 25.0 Å². The first kappa shape index (κ1) is 11.7. The number of hydrogen-bond donors (Lipinski definition) is 2. The molecule has 2 aliphatic rings. The number of aromatic nitrogens is 1. The van der Waals surface area contributed by atoms with Crippen LogP contribution in [0.3, 0.4) is 0 Å². The second-order valence-electron chi connectivity index (χ2n) is 5.10. The molecule has 0 saturated carbocycles. The van der Waals surface area contributed by atoms with E-state index >= 15 is 0 Å². The summed E-state index contributed by atoms with van der Waals surface area (Å²) in [5, 5.41) is 3.29. The van der Waals surface area contributed by atoms with Crippen LogP contribution in [0.5, 0.6) is 0 Å². The Bertz CT molecular complexity index is 412. The Morgan fingerprint density at radius 3 is 3.39 bits per heavy atom. The maximum absolute atomic E-state index is 5.88. The van der Waals surface area contributed by atoms with E-state index in [4.69, 9.17) is 10.5 Å². The summed E-state index contributed by atoms with van der Waals surface area (Å²) >= 11 is 0. The summed E-state index contributed by atoms with van der Waals surface area (Å²) in [6.45, 7) is 3.91. The highest BCUT2D eigenvalue weighted by Crippen LogP contribution is 2.22. The zero-order valence-electron chi connectivity index (χ0n) is 10.5. The van der Waals surface area contributed by atoms with Crippen molar-refractivity contribution in [2.24, 2.45) is 0 Å². The molecule has 2 aliphatic heterocycles. The fourth-order valence-corrected chi connectivity index (χ4v) is 2.77. The predicted molar refractivity (Wildman–Crippen MR) is 71.5 cm³/mol. The van der Waals surface area contributed by atoms with Crippen LogP contribution in [0.4, 0.5) is 11.5 Å². The van der Waals surface area contributed by atoms with Gasteiger partial charge in [0.15, 0.2) is 0 Å². The molecule has 1 aromatic rings. The number of nitrogens with one attached hydrogen (secondary N) is 1. The van der Waals surface area contributed by atoms with Gasteiger partial charge in [-0.25, -0.2) is 4.98 Å². The first-order chi connectivity index (χ1) is 8.81. The topological polar surface area (TPSA) is 63.4 Å². The standard InChI is InChI=1S/C13H20N4O/c14-10-3-4-15-13(6-10)16-7-12-8-17-5-1-2-11(17)9-18-12/h3-4,6,11-12H,1-2,5,7-9H2,(H3,14,15,16). The number of hydrogen-bond acceptors (Lipinski definition) is 5. The Morgan fingerprint density at radius 1 is 1.56 bits per heavy atom. The van der Waals surface area contributed by atoms with Gasteiger partial charge in [0.1, 0.15) is 5.82 Å². The Labute approximate surface area is 107 Å². The van der Waals surface area contributed by atoms with Crippen LogP contribution >= 0.6 is 0 Å². The molecular formula is C13H20N4O. The molecule has 0 amide bonds. The lowest BCUT2D eigenvalue weighted by Crippen LogP contribution is -2.48. The van der Waals surface area contributed by atoms with Gasteiger partial charge < -0.3 is 15.8 Å². The van der Waals surface area contributed by atoms with E-state index in [0.717, 1.165) is 31.2 Å². The van der Waals surface area contributed by atoms with Crippen LogP contribution in [0.15, 0.2) is 18.3 Å². The number of nitrogens with two attached hydrogens (primary N) is 1. The first-order valence-electron chi connectivity index (χ1n) is 6.62. The lowest BCUT2D eigenvalue weighted by atomic mass is 10.2. The lowest BCUT2D eigenvalue weighted by Gasteiger charge is -2.35. The number of nitrogens with zero attached hydrogens (tertiary/aromatic N) is 2. The number of nitrogen functional groups attached to an aromatic ring is 1. The van der Waals surface area contributed by atoms with Gasteiger partial charge in [0.25, 0.3) is 0 Å². The minimum Gasteiger partial charge on any atom is -0.399 e. The molecule has 98 valence electrons. The predicted octanol–water partition coefficient (Wildman–Crippen LogP) is 0.939. The fourth-order valence-electron chi connectivity index (χ4n) is 2.77. The van der Waals surface area contributed by atoms with Gasteiger partial charge in [-0.05, 0) is 25.5 Å². The highest BCUT2D eigenvalue weighted by molar-refractivity contribution is 5.48. The molecule has 5 nitrogen and oxygen atoms in total. The van der Waals surface area contributed by atoms with Crippen molar-refractivity contribution < 1.29 is 4.74 Å². The Morgan fingerprint density at radius 2 is 2.50 bits per heavy atom. The van der Waals surface area contributed by atoms with Crippen LogP contribution < -0.4 is 11.1 Å². The summed E-state index contributed by atoms with van der Waals surface area (Å²) in [6.07, 6.45) is 4.57. The van der Waals surface area contributed by atoms with Crippen LogP contribution in [0, 0.1) is 0 Å². The summed E-state index contributed by atoms with van der Waals surface area (Å²) in [5.74, 6) is 0.821. The van der Waals surface area contributed by atoms with Gasteiger partial charge in [0, 0.05) is 37.1 Å². The number of fused-ring (bicyclic) bond motifs is 1. The van der Waals surface area contributed by atoms with Crippen LogP contribution in [0.25, 0.3) is 0 Å². The molecule has 0 aromatic carbocycles. The zero-order chi connectivity index (χ0) is 12.4. The van der Waals surface area contributed by atoms with Gasteiger partial charge >= 0.3 is 0 Å². The molecular weight excluding hydrogens is 228 g/mol. The van der Waals surface area contributed by atoms with Crippen molar-refractivity contribution in [3.05, 3.63) is 18.3 Å². The molecule has 0 radical (unpaired) electrons. The summed E-state index contributed by atoms with van der Waals surface area (Å²) < 4.78 is 5.88. The van der Waals surface area contributed by atoms with Gasteiger partial charge in [-0.3, -0.25) is 4.90 Å². The van der Waals surface area contributed by atoms with Crippen molar-refractivity contribution in [1.82, 2.24) is 9.88 Å². The average Bonchev–Trinajstić information content (AvgIpc) is 2.84. The van der Waals surface area contributed by atoms with E-state index in [0.29, 0.717) is 6.04 Å². The van der Waals surface area contributed by atoms with Crippen molar-refractivity contribution in [2.75, 3.05) is 37.3 Å². The minimum absolute atomic E-state index is 0.252. The van der Waals surface area contributed by atoms with E-state index in [2.05, 4.69) is 15.2 Å². The van der Waals surface area contributed by atoms with E-state index in [1.54, 1.807) is 12.3 Å². The molecule has 18 heavy (non-hydrogen) atoms. The Balaban J connectivity index is 1.51. The van der Waals surface area contributed by atoms with Crippen molar-refractivity contribution >= 4 is 11.5 Å². The molecule has 2 fully saturated rings. The molecule has 0 bridgehead atoms. The van der Waals surface area contributed by atoms with Gasteiger partial charge in [0.2, 0.25) is 0 Å². The summed E-state index contributed by atoms with van der Waals surface area (Å²) in [6, 6.07) is 4.30. The maximum atomic E-state index is 5.88. The fraction of sp³-hybridized carbons (Fsp3) is 0.615. The average molecular weight is 248 g/mol. The molecule has 0 aliphatic carbocycles. The van der Waals surface area contributed by atoms with Crippen molar-refractivity contribution in [3.63, 3.8) is 0 Å². The second-order valence-corrected chi connectivity index (χ2v) is 5.10. The lowest BCUT2D eigenvalue weighted by molar-refractivity contribution is -0.0416. The minimum atomic E-state index is 0.252. The summed E-state index contributed by atoms with van der Waals surface area (Å²) in [5.41, 5.74) is 6.45. The highest BCUT2D eigenvalue weighted by atomic mass is 16.5. The molecule has 3 N–H and O–H groups in total. The second kappa shape index (κ2) is 5.12. The Hall–Kier alpha value is -1.33. The van der Waals surface area contributed by atoms with Crippen LogP contribution in [0.2, 0.25) is 0 Å². The molecule has 0 spiro atoms. The van der Waals surface area contributed by atoms with E-state index in [-0.39, 0.29) is 6.10 Å². The quantitative estimate of drug-likeness (QED) is 0.833. The summed E-state index contributed by atoms with van der Waals surface area (Å²) in [4.78, 5) is 6.77. The number of rotatable bonds is 3. The highest BCUT2D eigenvalue weighted by Gasteiger charge is 2.31. The van der Waals surface area contributed by atoms with Crippen LogP contribution in [0.1, 0.15) is 12.8 Å². The molecule has 2 saturated heterocycles. The molecule has 3 heterocycles. The summed E-state index contributed by atoms with van der Waals surface area (Å²) in [7, 11) is 0. The van der Waals surface area contributed by atoms with Gasteiger partial charge in [0.05, 0.1) is 12.7 Å². The smallest absolute Gasteiger partial charge is 0.128 e. The normalized spacial score (nSPS) is 28.0. The van der Waals surface area contributed by atoms with Crippen molar-refractivity contribution in [1.29, 1.82) is 0 Å². The third-order valence-corrected chi connectivity index (χ3v) is 3.76. The first-order valence-corrected chi connectivity index (χ1v) is 6.62. The number of morpholine rings is 1. The van der Waals surface area contributed by atoms with E-state index in [1.165, 1.54) is 19.4 Å². The largest absolute Gasteiger partial charge is 0.399 e. The van der Waals surface area contributed by atoms with E-state index < -0.39 is 0 Å². The molecule has 2 unspecified atom stereocenters. The number of pyridine rings is 1. The number of ether oxygens (including phenoxy) is 1. The van der Waals surface area contributed by atoms with E-state index in [9.17, 15) is 0 Å². The maximum Gasteiger partial charge on any atom is 0.128 e. The SMILES string of the molecule is Nc1ccnc(NCC2CN3CCCC3CO2)c1. The van der Waals surface area contributed by atoms with Gasteiger partial charge in [-0.1, -0.05) is 0 Å². The van der Waals surface area contributed by atoms with Gasteiger partial charge in [-0.15, -0.1) is 0 Å². The molecule has 2 atom stereocenters. The third-order valence-electron chi connectivity index (χ3n) is 3.76. The molecule has 3 rings (SSSR count). The van der Waals surface area contributed by atoms with E-state index in [1.807, 2.05) is 6.07 Å². The molecule has 1 aromatic heterocycles. The number of anilines is 2. The Kier molecular flexibility index (Phi) is 3.34. The van der Waals surface area contributed by atoms with Crippen LogP contribution in [-0.2, 0) is 4.74 Å². The molecule has 5 heteroatoms. The van der Waals surface area contributed by atoms with Gasteiger partial charge in [-0.2, -0.15) is 0 Å². The monoisotopic (exact) mass is 248 g/mol. The zero-order valence-corrected chi connectivity index (χ0v) is 10.5. The van der Waals surface area contributed by atoms with Crippen LogP contribution in [-0.4, -0.2) is 48.3 Å². The third kappa shape index (κ3) is 2.57. The van der Waals surface area contributed by atoms with Crippen molar-refractivity contribution in [3.8, 4) is 0 Å².